The number of pyridine rings is 1. The minimum atomic E-state index is -0.303. The molecule has 0 spiro atoms. The number of anilines is 1. The number of aromatic nitrogens is 6. The van der Waals surface area contributed by atoms with Gasteiger partial charge < -0.3 is 9.64 Å². The van der Waals surface area contributed by atoms with Gasteiger partial charge in [-0.1, -0.05) is 0 Å². The van der Waals surface area contributed by atoms with Crippen molar-refractivity contribution in [2.24, 2.45) is 0 Å². The van der Waals surface area contributed by atoms with E-state index < -0.39 is 0 Å². The van der Waals surface area contributed by atoms with E-state index >= 15 is 0 Å². The molecule has 4 aromatic rings. The van der Waals surface area contributed by atoms with E-state index in [0.29, 0.717) is 33.6 Å². The maximum absolute atomic E-state index is 12.8. The highest BCUT2D eigenvalue weighted by Gasteiger charge is 2.20. The Morgan fingerprint density at radius 2 is 1.83 bits per heavy atom. The first-order chi connectivity index (χ1) is 14.6. The van der Waals surface area contributed by atoms with Crippen LogP contribution in [0.25, 0.3) is 22.7 Å². The molecule has 4 aromatic heterocycles. The third kappa shape index (κ3) is 3.42. The van der Waals surface area contributed by atoms with Crippen LogP contribution in [0.5, 0.6) is 0 Å². The fraction of sp³-hybridized carbons (Fsp3) is 0.211. The molecule has 9 nitrogen and oxygen atoms in total. The molecule has 0 N–H and O–H groups in total. The van der Waals surface area contributed by atoms with E-state index in [-0.39, 0.29) is 5.56 Å². The Bertz CT molecular complexity index is 1280. The van der Waals surface area contributed by atoms with Gasteiger partial charge in [0.1, 0.15) is 10.3 Å². The predicted octanol–water partition coefficient (Wildman–Crippen LogP) is 2.70. The molecule has 0 bridgehead atoms. The molecule has 0 aliphatic carbocycles. The third-order valence-electron chi connectivity index (χ3n) is 4.80. The summed E-state index contributed by atoms with van der Waals surface area (Å²) in [4.78, 5) is 23.7. The molecule has 5 heterocycles. The zero-order chi connectivity index (χ0) is 20.7. The van der Waals surface area contributed by atoms with E-state index in [1.54, 1.807) is 23.1 Å². The molecule has 0 saturated carbocycles. The van der Waals surface area contributed by atoms with Crippen molar-refractivity contribution in [1.29, 1.82) is 0 Å². The summed E-state index contributed by atoms with van der Waals surface area (Å²) in [5.41, 5.74) is 2.03. The normalized spacial score (nSPS) is 14.4. The molecule has 11 heteroatoms. The molecule has 1 aliphatic heterocycles. The summed E-state index contributed by atoms with van der Waals surface area (Å²) in [6.07, 6.45) is 5.01. The Kier molecular flexibility index (Phi) is 5.09. The largest absolute Gasteiger partial charge is 0.378 e. The van der Waals surface area contributed by atoms with Gasteiger partial charge in [0, 0.05) is 43.2 Å². The van der Waals surface area contributed by atoms with Crippen LogP contribution < -0.4 is 10.5 Å². The van der Waals surface area contributed by atoms with E-state index in [1.165, 1.54) is 4.68 Å². The molecule has 0 amide bonds. The zero-order valence-electron chi connectivity index (χ0n) is 15.6. The molecule has 30 heavy (non-hydrogen) atoms. The summed E-state index contributed by atoms with van der Waals surface area (Å²) in [6.45, 7) is 2.68. The topological polar surface area (TPSA) is 90.4 Å². The Hall–Kier alpha value is -2.63. The number of fused-ring (bicyclic) bond motifs is 1. The lowest BCUT2D eigenvalue weighted by atomic mass is 10.2. The molecular weight excluding hydrogens is 518 g/mol. The van der Waals surface area contributed by atoms with Crippen molar-refractivity contribution in [3.63, 3.8) is 0 Å². The molecule has 0 radical (unpaired) electrons. The molecule has 1 saturated heterocycles. The fourth-order valence-corrected chi connectivity index (χ4v) is 3.84. The number of rotatable bonds is 3. The number of morpholine rings is 1. The first kappa shape index (κ1) is 19.3. The van der Waals surface area contributed by atoms with Gasteiger partial charge in [0.2, 0.25) is 0 Å². The SMILES string of the molecule is O=c1c(Br)c(Br)cnn1-c1cc(N2CCOCC2)n2nc(-c3ccncc3)cc2n1. The van der Waals surface area contributed by atoms with E-state index in [1.807, 2.05) is 24.3 Å². The smallest absolute Gasteiger partial charge is 0.288 e. The van der Waals surface area contributed by atoms with Crippen LogP contribution in [0, 0.1) is 0 Å². The number of halogens is 2. The maximum atomic E-state index is 12.8. The second-order valence-electron chi connectivity index (χ2n) is 6.63. The molecule has 152 valence electrons. The summed E-state index contributed by atoms with van der Waals surface area (Å²) in [5.74, 6) is 1.25. The summed E-state index contributed by atoms with van der Waals surface area (Å²) in [6, 6.07) is 7.52. The van der Waals surface area contributed by atoms with Gasteiger partial charge in [0.25, 0.3) is 5.56 Å². The Balaban J connectivity index is 1.73. The summed E-state index contributed by atoms with van der Waals surface area (Å²) in [7, 11) is 0. The van der Waals surface area contributed by atoms with Gasteiger partial charge in [-0.15, -0.1) is 0 Å². The van der Waals surface area contributed by atoms with Gasteiger partial charge in [0.15, 0.2) is 11.5 Å². The van der Waals surface area contributed by atoms with Crippen LogP contribution in [0.2, 0.25) is 0 Å². The summed E-state index contributed by atoms with van der Waals surface area (Å²) in [5, 5.41) is 9.02. The summed E-state index contributed by atoms with van der Waals surface area (Å²) < 4.78 is 9.54. The molecule has 1 aliphatic rings. The highest BCUT2D eigenvalue weighted by molar-refractivity contribution is 9.13. The van der Waals surface area contributed by atoms with Crippen LogP contribution in [0.15, 0.2) is 56.6 Å². The number of hydrogen-bond donors (Lipinski definition) is 0. The molecular formula is C19H15Br2N7O2. The average Bonchev–Trinajstić information content (AvgIpc) is 3.22. The first-order valence-electron chi connectivity index (χ1n) is 9.19. The van der Waals surface area contributed by atoms with Gasteiger partial charge in [0.05, 0.1) is 29.6 Å². The van der Waals surface area contributed by atoms with E-state index in [4.69, 9.17) is 9.84 Å². The molecule has 0 atom stereocenters. The second kappa shape index (κ2) is 7.89. The van der Waals surface area contributed by atoms with Crippen molar-refractivity contribution < 1.29 is 4.74 Å². The lowest BCUT2D eigenvalue weighted by Gasteiger charge is -2.29. The molecule has 5 rings (SSSR count). The third-order valence-corrected chi connectivity index (χ3v) is 6.70. The van der Waals surface area contributed by atoms with E-state index in [0.717, 1.165) is 30.2 Å². The van der Waals surface area contributed by atoms with Crippen LogP contribution >= 0.6 is 31.9 Å². The van der Waals surface area contributed by atoms with Crippen molar-refractivity contribution in [2.45, 2.75) is 0 Å². The van der Waals surface area contributed by atoms with Crippen molar-refractivity contribution >= 4 is 43.3 Å². The van der Waals surface area contributed by atoms with Gasteiger partial charge in [-0.3, -0.25) is 9.78 Å². The van der Waals surface area contributed by atoms with Crippen LogP contribution in [0.3, 0.4) is 0 Å². The molecule has 0 unspecified atom stereocenters. The van der Waals surface area contributed by atoms with Crippen molar-refractivity contribution in [2.75, 3.05) is 31.2 Å². The summed E-state index contributed by atoms with van der Waals surface area (Å²) >= 11 is 6.62. The zero-order valence-corrected chi connectivity index (χ0v) is 18.7. The highest BCUT2D eigenvalue weighted by Crippen LogP contribution is 2.25. The number of hydrogen-bond acceptors (Lipinski definition) is 7. The Labute approximate surface area is 187 Å². The van der Waals surface area contributed by atoms with Crippen molar-refractivity contribution in [3.05, 3.63) is 62.2 Å². The van der Waals surface area contributed by atoms with Crippen LogP contribution in [-0.2, 0) is 4.74 Å². The van der Waals surface area contributed by atoms with Gasteiger partial charge >= 0.3 is 0 Å². The number of nitrogens with zero attached hydrogens (tertiary/aromatic N) is 7. The van der Waals surface area contributed by atoms with E-state index in [2.05, 4.69) is 51.8 Å². The van der Waals surface area contributed by atoms with Crippen LogP contribution in [0.4, 0.5) is 5.82 Å². The monoisotopic (exact) mass is 531 g/mol. The second-order valence-corrected chi connectivity index (χ2v) is 8.28. The predicted molar refractivity (Wildman–Crippen MR) is 118 cm³/mol. The minimum absolute atomic E-state index is 0.303. The average molecular weight is 533 g/mol. The minimum Gasteiger partial charge on any atom is -0.378 e. The Morgan fingerprint density at radius 3 is 2.60 bits per heavy atom. The lowest BCUT2D eigenvalue weighted by molar-refractivity contribution is 0.122. The Morgan fingerprint density at radius 1 is 1.07 bits per heavy atom. The quantitative estimate of drug-likeness (QED) is 0.400. The number of ether oxygens (including phenoxy) is 1. The van der Waals surface area contributed by atoms with Crippen molar-refractivity contribution in [1.82, 2.24) is 29.4 Å². The first-order valence-corrected chi connectivity index (χ1v) is 10.8. The lowest BCUT2D eigenvalue weighted by Crippen LogP contribution is -2.37. The molecule has 0 aromatic carbocycles. The standard InChI is InChI=1S/C19H15Br2N7O2/c20-13-11-23-28(19(29)18(13)21)16-10-17(26-5-7-30-8-6-26)27-15(24-16)9-14(25-27)12-1-3-22-4-2-12/h1-4,9-11H,5-8H2. The van der Waals surface area contributed by atoms with Crippen LogP contribution in [-0.4, -0.2) is 55.7 Å². The molecule has 1 fully saturated rings. The highest BCUT2D eigenvalue weighted by atomic mass is 79.9. The van der Waals surface area contributed by atoms with Crippen molar-refractivity contribution in [3.8, 4) is 17.1 Å². The van der Waals surface area contributed by atoms with E-state index in [9.17, 15) is 4.79 Å². The van der Waals surface area contributed by atoms with Gasteiger partial charge in [-0.2, -0.15) is 19.4 Å². The maximum Gasteiger partial charge on any atom is 0.288 e. The fourth-order valence-electron chi connectivity index (χ4n) is 3.31. The van der Waals surface area contributed by atoms with Crippen LogP contribution in [0.1, 0.15) is 0 Å². The van der Waals surface area contributed by atoms with Gasteiger partial charge in [-0.25, -0.2) is 4.98 Å². The van der Waals surface area contributed by atoms with Gasteiger partial charge in [-0.05, 0) is 44.0 Å².